The molecule has 0 radical (unpaired) electrons. The number of nitrogens with zero attached hydrogens (tertiary/aromatic N) is 2. The molecule has 1 heterocycles. The van der Waals surface area contributed by atoms with E-state index in [4.69, 9.17) is 0 Å². The molecule has 1 saturated heterocycles. The molecule has 0 aromatic heterocycles. The number of hydrogen-bond acceptors (Lipinski definition) is 2. The standard InChI is InChI=1S/C9H20N2.C2H6/c1-8(10(2)3)9-5-6-11(4)7-9;1-2/h8-9H,5-7H2,1-4H3;1-2H3. The van der Waals surface area contributed by atoms with Crippen LogP contribution in [0.1, 0.15) is 27.2 Å². The fraction of sp³-hybridized carbons (Fsp3) is 1.00. The highest BCUT2D eigenvalue weighted by Gasteiger charge is 2.25. The molecule has 1 aliphatic rings. The maximum absolute atomic E-state index is 2.42. The van der Waals surface area contributed by atoms with E-state index in [2.05, 4.69) is 37.9 Å². The van der Waals surface area contributed by atoms with Crippen molar-refractivity contribution in [1.82, 2.24) is 9.80 Å². The zero-order chi connectivity index (χ0) is 10.4. The topological polar surface area (TPSA) is 6.48 Å². The van der Waals surface area contributed by atoms with Gasteiger partial charge in [0.1, 0.15) is 0 Å². The second kappa shape index (κ2) is 6.39. The van der Waals surface area contributed by atoms with Gasteiger partial charge in [-0.1, -0.05) is 13.8 Å². The van der Waals surface area contributed by atoms with E-state index in [1.54, 1.807) is 0 Å². The maximum Gasteiger partial charge on any atom is 0.0102 e. The molecular formula is C11H26N2. The van der Waals surface area contributed by atoms with E-state index in [9.17, 15) is 0 Å². The predicted molar refractivity (Wildman–Crippen MR) is 60.1 cm³/mol. The molecule has 0 amide bonds. The van der Waals surface area contributed by atoms with Crippen LogP contribution in [0.5, 0.6) is 0 Å². The highest BCUT2D eigenvalue weighted by molar-refractivity contribution is 4.80. The first-order chi connectivity index (χ1) is 6.11. The molecule has 1 aliphatic heterocycles. The average molecular weight is 186 g/mol. The fourth-order valence-corrected chi connectivity index (χ4v) is 1.78. The van der Waals surface area contributed by atoms with E-state index in [1.165, 1.54) is 19.5 Å². The highest BCUT2D eigenvalue weighted by Crippen LogP contribution is 2.20. The molecule has 2 atom stereocenters. The van der Waals surface area contributed by atoms with E-state index in [1.807, 2.05) is 13.8 Å². The summed E-state index contributed by atoms with van der Waals surface area (Å²) in [7, 11) is 6.55. The first-order valence-electron chi connectivity index (χ1n) is 5.46. The van der Waals surface area contributed by atoms with Crippen LogP contribution < -0.4 is 0 Å². The zero-order valence-electron chi connectivity index (χ0n) is 10.2. The number of hydrogen-bond donors (Lipinski definition) is 0. The molecule has 0 aliphatic carbocycles. The number of rotatable bonds is 2. The summed E-state index contributed by atoms with van der Waals surface area (Å²) in [6.45, 7) is 8.88. The summed E-state index contributed by atoms with van der Waals surface area (Å²) in [4.78, 5) is 4.74. The molecule has 0 spiro atoms. The summed E-state index contributed by atoms with van der Waals surface area (Å²) in [5, 5.41) is 0. The molecule has 13 heavy (non-hydrogen) atoms. The van der Waals surface area contributed by atoms with Crippen LogP contribution in [0.4, 0.5) is 0 Å². The first-order valence-corrected chi connectivity index (χ1v) is 5.46. The Balaban J connectivity index is 0.000000671. The van der Waals surface area contributed by atoms with Gasteiger partial charge >= 0.3 is 0 Å². The molecule has 0 saturated carbocycles. The SMILES string of the molecule is CC.CC(C1CCN(C)C1)N(C)C. The van der Waals surface area contributed by atoms with E-state index in [-0.39, 0.29) is 0 Å². The van der Waals surface area contributed by atoms with Gasteiger partial charge in [-0.05, 0) is 47.0 Å². The van der Waals surface area contributed by atoms with Crippen molar-refractivity contribution < 1.29 is 0 Å². The normalized spacial score (nSPS) is 25.6. The Morgan fingerprint density at radius 3 is 2.15 bits per heavy atom. The van der Waals surface area contributed by atoms with Crippen LogP contribution in [0.2, 0.25) is 0 Å². The molecule has 2 unspecified atom stereocenters. The van der Waals surface area contributed by atoms with Gasteiger partial charge in [0.15, 0.2) is 0 Å². The summed E-state index contributed by atoms with van der Waals surface area (Å²) >= 11 is 0. The molecule has 2 heteroatoms. The van der Waals surface area contributed by atoms with Crippen LogP contribution >= 0.6 is 0 Å². The third-order valence-electron chi connectivity index (χ3n) is 2.92. The van der Waals surface area contributed by atoms with Crippen molar-refractivity contribution >= 4 is 0 Å². The Hall–Kier alpha value is -0.0800. The smallest absolute Gasteiger partial charge is 0.0102 e. The van der Waals surface area contributed by atoms with Gasteiger partial charge in [0.2, 0.25) is 0 Å². The van der Waals surface area contributed by atoms with E-state index >= 15 is 0 Å². The van der Waals surface area contributed by atoms with Crippen molar-refractivity contribution in [3.8, 4) is 0 Å². The van der Waals surface area contributed by atoms with Crippen LogP contribution in [-0.4, -0.2) is 50.1 Å². The Labute approximate surface area is 83.9 Å². The largest absolute Gasteiger partial charge is 0.306 e. The summed E-state index contributed by atoms with van der Waals surface area (Å²) < 4.78 is 0. The van der Waals surface area contributed by atoms with Crippen molar-refractivity contribution in [2.24, 2.45) is 5.92 Å². The molecule has 1 fully saturated rings. The lowest BCUT2D eigenvalue weighted by molar-refractivity contribution is 0.227. The van der Waals surface area contributed by atoms with Gasteiger partial charge in [-0.3, -0.25) is 0 Å². The van der Waals surface area contributed by atoms with Gasteiger partial charge in [-0.2, -0.15) is 0 Å². The van der Waals surface area contributed by atoms with Gasteiger partial charge < -0.3 is 9.80 Å². The Morgan fingerprint density at radius 1 is 1.31 bits per heavy atom. The fourth-order valence-electron chi connectivity index (χ4n) is 1.78. The molecule has 0 bridgehead atoms. The Kier molecular flexibility index (Phi) is 6.35. The summed E-state index contributed by atoms with van der Waals surface area (Å²) in [6.07, 6.45) is 1.37. The van der Waals surface area contributed by atoms with Crippen LogP contribution in [0.15, 0.2) is 0 Å². The third-order valence-corrected chi connectivity index (χ3v) is 2.92. The molecule has 2 nitrogen and oxygen atoms in total. The lowest BCUT2D eigenvalue weighted by Gasteiger charge is -2.25. The van der Waals surface area contributed by atoms with E-state index < -0.39 is 0 Å². The molecule has 0 aromatic rings. The van der Waals surface area contributed by atoms with Gasteiger partial charge in [-0.15, -0.1) is 0 Å². The van der Waals surface area contributed by atoms with Crippen molar-refractivity contribution in [2.75, 3.05) is 34.2 Å². The highest BCUT2D eigenvalue weighted by atomic mass is 15.2. The summed E-state index contributed by atoms with van der Waals surface area (Å²) in [6, 6.07) is 0.736. The summed E-state index contributed by atoms with van der Waals surface area (Å²) in [5.74, 6) is 0.884. The zero-order valence-corrected chi connectivity index (χ0v) is 10.2. The minimum atomic E-state index is 0.736. The van der Waals surface area contributed by atoms with Gasteiger partial charge in [0, 0.05) is 12.6 Å². The van der Waals surface area contributed by atoms with Gasteiger partial charge in [0.25, 0.3) is 0 Å². The lowest BCUT2D eigenvalue weighted by atomic mass is 10.00. The van der Waals surface area contributed by atoms with Gasteiger partial charge in [0.05, 0.1) is 0 Å². The molecule has 0 aromatic carbocycles. The van der Waals surface area contributed by atoms with Crippen LogP contribution in [-0.2, 0) is 0 Å². The number of likely N-dealkylation sites (tertiary alicyclic amines) is 1. The van der Waals surface area contributed by atoms with Gasteiger partial charge in [-0.25, -0.2) is 0 Å². The molecular weight excluding hydrogens is 160 g/mol. The van der Waals surface area contributed by atoms with Crippen molar-refractivity contribution in [3.63, 3.8) is 0 Å². The third kappa shape index (κ3) is 4.10. The first kappa shape index (κ1) is 12.9. The monoisotopic (exact) mass is 186 g/mol. The van der Waals surface area contributed by atoms with E-state index in [0.717, 1.165) is 12.0 Å². The van der Waals surface area contributed by atoms with Crippen molar-refractivity contribution in [1.29, 1.82) is 0 Å². The Bertz CT molecular complexity index is 123. The van der Waals surface area contributed by atoms with Crippen LogP contribution in [0, 0.1) is 5.92 Å². The Morgan fingerprint density at radius 2 is 1.85 bits per heavy atom. The second-order valence-corrected chi connectivity index (χ2v) is 4.02. The minimum absolute atomic E-state index is 0.736. The van der Waals surface area contributed by atoms with Crippen LogP contribution in [0.3, 0.4) is 0 Å². The second-order valence-electron chi connectivity index (χ2n) is 4.02. The lowest BCUT2D eigenvalue weighted by Crippen LogP contribution is -2.33. The van der Waals surface area contributed by atoms with Crippen molar-refractivity contribution in [3.05, 3.63) is 0 Å². The summed E-state index contributed by atoms with van der Waals surface area (Å²) in [5.41, 5.74) is 0. The minimum Gasteiger partial charge on any atom is -0.306 e. The average Bonchev–Trinajstić information content (AvgIpc) is 2.54. The van der Waals surface area contributed by atoms with Crippen molar-refractivity contribution in [2.45, 2.75) is 33.2 Å². The molecule has 80 valence electrons. The maximum atomic E-state index is 2.42. The molecule has 0 N–H and O–H groups in total. The quantitative estimate of drug-likeness (QED) is 0.650. The van der Waals surface area contributed by atoms with Crippen LogP contribution in [0.25, 0.3) is 0 Å². The predicted octanol–water partition coefficient (Wildman–Crippen LogP) is 1.91. The molecule has 1 rings (SSSR count). The van der Waals surface area contributed by atoms with E-state index in [0.29, 0.717) is 0 Å².